The average molecular weight is 256 g/mol. The lowest BCUT2D eigenvalue weighted by Gasteiger charge is -2.18. The van der Waals surface area contributed by atoms with Crippen LogP contribution in [0, 0.1) is 0 Å². The van der Waals surface area contributed by atoms with Crippen molar-refractivity contribution in [3.8, 4) is 0 Å². The van der Waals surface area contributed by atoms with Gasteiger partial charge in [0.1, 0.15) is 5.25 Å². The second-order valence-electron chi connectivity index (χ2n) is 3.56. The van der Waals surface area contributed by atoms with Crippen LogP contribution in [-0.4, -0.2) is 37.8 Å². The molecule has 0 aliphatic heterocycles. The fourth-order valence-corrected chi connectivity index (χ4v) is 1.74. The summed E-state index contributed by atoms with van der Waals surface area (Å²) in [5.74, 6) is 0.000871. The topological polar surface area (TPSA) is 63.2 Å². The zero-order valence-electron chi connectivity index (χ0n) is 9.29. The van der Waals surface area contributed by atoms with Crippen LogP contribution in [0.2, 0.25) is 0 Å². The Hall–Kier alpha value is -0.290. The Morgan fingerprint density at radius 3 is 2.33 bits per heavy atom. The number of sulfone groups is 1. The molecule has 1 amide bonds. The van der Waals surface area contributed by atoms with Gasteiger partial charge in [-0.3, -0.25) is 4.79 Å². The molecule has 90 valence electrons. The summed E-state index contributed by atoms with van der Waals surface area (Å²) < 4.78 is 22.2. The number of alkyl halides is 1. The number of hydrogen-bond acceptors (Lipinski definition) is 3. The lowest BCUT2D eigenvalue weighted by atomic mass is 10.1. The van der Waals surface area contributed by atoms with Crippen LogP contribution in [0.4, 0.5) is 0 Å². The maximum Gasteiger partial charge on any atom is 0.238 e. The molecule has 2 atom stereocenters. The van der Waals surface area contributed by atoms with Crippen molar-refractivity contribution in [2.24, 2.45) is 0 Å². The van der Waals surface area contributed by atoms with Crippen molar-refractivity contribution >= 4 is 27.3 Å². The van der Waals surface area contributed by atoms with Crippen molar-refractivity contribution in [3.05, 3.63) is 0 Å². The predicted octanol–water partition coefficient (Wildman–Crippen LogP) is 0.943. The number of carbonyl (C=O) groups is 1. The van der Waals surface area contributed by atoms with Crippen LogP contribution < -0.4 is 5.32 Å². The standard InChI is InChI=1S/C9H18ClNO3S/c1-4-8(5-6-10)11-9(12)7(2)15(3,13)14/h7-8H,4-6H2,1-3H3,(H,11,12). The van der Waals surface area contributed by atoms with E-state index in [1.165, 1.54) is 6.92 Å². The fourth-order valence-electron chi connectivity index (χ4n) is 1.02. The summed E-state index contributed by atoms with van der Waals surface area (Å²) in [7, 11) is -3.32. The highest BCUT2D eigenvalue weighted by Gasteiger charge is 2.24. The number of hydrogen-bond donors (Lipinski definition) is 1. The Bertz CT molecular complexity index is 302. The van der Waals surface area contributed by atoms with Crippen molar-refractivity contribution < 1.29 is 13.2 Å². The SMILES string of the molecule is CCC(CCCl)NC(=O)C(C)S(C)(=O)=O. The molecule has 0 aliphatic rings. The first-order valence-corrected chi connectivity index (χ1v) is 7.37. The molecular weight excluding hydrogens is 238 g/mol. The maximum atomic E-state index is 11.5. The van der Waals surface area contributed by atoms with E-state index in [0.717, 1.165) is 12.7 Å². The number of carbonyl (C=O) groups excluding carboxylic acids is 1. The van der Waals surface area contributed by atoms with Gasteiger partial charge in [-0.25, -0.2) is 8.42 Å². The van der Waals surface area contributed by atoms with E-state index in [1.54, 1.807) is 0 Å². The van der Waals surface area contributed by atoms with Crippen molar-refractivity contribution in [3.63, 3.8) is 0 Å². The monoisotopic (exact) mass is 255 g/mol. The van der Waals surface area contributed by atoms with E-state index in [2.05, 4.69) is 5.32 Å². The third-order valence-electron chi connectivity index (χ3n) is 2.31. The number of rotatable bonds is 6. The molecule has 0 aromatic heterocycles. The van der Waals surface area contributed by atoms with Gasteiger partial charge in [-0.2, -0.15) is 0 Å². The highest BCUT2D eigenvalue weighted by molar-refractivity contribution is 7.92. The number of halogens is 1. The van der Waals surface area contributed by atoms with Crippen LogP contribution in [-0.2, 0) is 14.6 Å². The fraction of sp³-hybridized carbons (Fsp3) is 0.889. The van der Waals surface area contributed by atoms with Gasteiger partial charge in [-0.1, -0.05) is 6.92 Å². The van der Waals surface area contributed by atoms with Crippen LogP contribution in [0.1, 0.15) is 26.7 Å². The maximum absolute atomic E-state index is 11.5. The minimum atomic E-state index is -3.32. The lowest BCUT2D eigenvalue weighted by Crippen LogP contribution is -2.43. The molecule has 0 heterocycles. The zero-order valence-corrected chi connectivity index (χ0v) is 10.9. The van der Waals surface area contributed by atoms with E-state index in [4.69, 9.17) is 11.6 Å². The highest BCUT2D eigenvalue weighted by Crippen LogP contribution is 2.03. The average Bonchev–Trinajstić information content (AvgIpc) is 2.14. The number of nitrogens with one attached hydrogen (secondary N) is 1. The van der Waals surface area contributed by atoms with E-state index < -0.39 is 21.0 Å². The Morgan fingerprint density at radius 2 is 2.00 bits per heavy atom. The highest BCUT2D eigenvalue weighted by atomic mass is 35.5. The Morgan fingerprint density at radius 1 is 1.47 bits per heavy atom. The molecule has 0 spiro atoms. The van der Waals surface area contributed by atoms with Gasteiger partial charge in [0.2, 0.25) is 5.91 Å². The molecule has 6 heteroatoms. The van der Waals surface area contributed by atoms with E-state index in [-0.39, 0.29) is 6.04 Å². The van der Waals surface area contributed by atoms with Crippen LogP contribution >= 0.6 is 11.6 Å². The summed E-state index contributed by atoms with van der Waals surface area (Å²) in [6.07, 6.45) is 2.45. The second-order valence-corrected chi connectivity index (χ2v) is 6.31. The van der Waals surface area contributed by atoms with Gasteiger partial charge >= 0.3 is 0 Å². The molecule has 4 nitrogen and oxygen atoms in total. The van der Waals surface area contributed by atoms with Gasteiger partial charge in [0.15, 0.2) is 9.84 Å². The third-order valence-corrected chi connectivity index (χ3v) is 4.02. The van der Waals surface area contributed by atoms with E-state index >= 15 is 0 Å². The molecule has 0 aromatic rings. The molecule has 0 aromatic carbocycles. The molecule has 0 bridgehead atoms. The quantitative estimate of drug-likeness (QED) is 0.719. The molecule has 0 saturated heterocycles. The second kappa shape index (κ2) is 6.33. The Balaban J connectivity index is 4.35. The molecular formula is C9H18ClNO3S. The molecule has 0 rings (SSSR count). The zero-order chi connectivity index (χ0) is 12.1. The molecule has 2 unspecified atom stereocenters. The van der Waals surface area contributed by atoms with Crippen LogP contribution in [0.15, 0.2) is 0 Å². The summed E-state index contributed by atoms with van der Waals surface area (Å²) in [5.41, 5.74) is 0. The Labute approximate surface area is 96.3 Å². The molecule has 15 heavy (non-hydrogen) atoms. The minimum Gasteiger partial charge on any atom is -0.352 e. The van der Waals surface area contributed by atoms with Crippen LogP contribution in [0.25, 0.3) is 0 Å². The van der Waals surface area contributed by atoms with Gasteiger partial charge in [0.05, 0.1) is 0 Å². The van der Waals surface area contributed by atoms with Gasteiger partial charge < -0.3 is 5.32 Å². The lowest BCUT2D eigenvalue weighted by molar-refractivity contribution is -0.121. The van der Waals surface area contributed by atoms with E-state index in [0.29, 0.717) is 12.3 Å². The summed E-state index contributed by atoms with van der Waals surface area (Å²) >= 11 is 5.56. The summed E-state index contributed by atoms with van der Waals surface area (Å²) in [6.45, 7) is 3.31. The molecule has 0 aliphatic carbocycles. The number of amides is 1. The van der Waals surface area contributed by atoms with Gasteiger partial charge in [-0.05, 0) is 19.8 Å². The van der Waals surface area contributed by atoms with Crippen molar-refractivity contribution in [1.82, 2.24) is 5.32 Å². The first-order valence-electron chi connectivity index (χ1n) is 4.88. The molecule has 0 saturated carbocycles. The van der Waals surface area contributed by atoms with Gasteiger partial charge in [0.25, 0.3) is 0 Å². The van der Waals surface area contributed by atoms with Crippen molar-refractivity contribution in [1.29, 1.82) is 0 Å². The molecule has 1 N–H and O–H groups in total. The van der Waals surface area contributed by atoms with Crippen LogP contribution in [0.3, 0.4) is 0 Å². The summed E-state index contributed by atoms with van der Waals surface area (Å²) in [5, 5.41) is 1.67. The summed E-state index contributed by atoms with van der Waals surface area (Å²) in [6, 6.07) is -0.0424. The van der Waals surface area contributed by atoms with E-state index in [9.17, 15) is 13.2 Å². The minimum absolute atomic E-state index is 0.0424. The van der Waals surface area contributed by atoms with Crippen molar-refractivity contribution in [2.45, 2.75) is 38.0 Å². The first kappa shape index (κ1) is 14.7. The smallest absolute Gasteiger partial charge is 0.238 e. The van der Waals surface area contributed by atoms with E-state index in [1.807, 2.05) is 6.92 Å². The first-order chi connectivity index (χ1) is 6.82. The van der Waals surface area contributed by atoms with Gasteiger partial charge in [0, 0.05) is 18.2 Å². The Kier molecular flexibility index (Phi) is 6.20. The molecule has 0 fully saturated rings. The predicted molar refractivity (Wildman–Crippen MR) is 61.9 cm³/mol. The summed E-state index contributed by atoms with van der Waals surface area (Å²) in [4.78, 5) is 11.5. The largest absolute Gasteiger partial charge is 0.352 e. The normalized spacial score (nSPS) is 15.7. The third kappa shape index (κ3) is 5.37. The van der Waals surface area contributed by atoms with Crippen molar-refractivity contribution in [2.75, 3.05) is 12.1 Å². The molecule has 0 radical (unpaired) electrons. The van der Waals surface area contributed by atoms with Crippen LogP contribution in [0.5, 0.6) is 0 Å². The van der Waals surface area contributed by atoms with Gasteiger partial charge in [-0.15, -0.1) is 11.6 Å².